The lowest BCUT2D eigenvalue weighted by Gasteiger charge is -2.31. The van der Waals surface area contributed by atoms with Gasteiger partial charge in [-0.15, -0.1) is 0 Å². The molecular weight excluding hydrogens is 392 g/mol. The number of rotatable bonds is 5. The Balaban J connectivity index is 1.77. The zero-order valence-electron chi connectivity index (χ0n) is 15.5. The third-order valence-corrected chi connectivity index (χ3v) is 7.63. The monoisotopic (exact) mass is 418 g/mol. The number of aryl methyl sites for hydroxylation is 1. The number of hydrogen-bond donors (Lipinski definition) is 1. The molecule has 2 heterocycles. The maximum absolute atomic E-state index is 13.2. The van der Waals surface area contributed by atoms with E-state index in [4.69, 9.17) is 9.47 Å². The molecule has 2 fully saturated rings. The Labute approximate surface area is 160 Å². The quantitative estimate of drug-likeness (QED) is 0.746. The molecule has 10 heteroatoms. The number of sulfonamides is 2. The van der Waals surface area contributed by atoms with Gasteiger partial charge in [0.2, 0.25) is 20.0 Å². The van der Waals surface area contributed by atoms with E-state index in [9.17, 15) is 16.8 Å². The number of nitrogens with one attached hydrogen (secondary N) is 1. The fraction of sp³-hybridized carbons (Fsp3) is 0.647. The second-order valence-corrected chi connectivity index (χ2v) is 11.0. The SMILES string of the molecule is Cc1ccccc1S(=O)(=O)N1CCOC[C@]2(CC[C@H](CNS(C)(=O)=O)O2)C1. The molecule has 0 radical (unpaired) electrons. The lowest BCUT2D eigenvalue weighted by Crippen LogP contribution is -2.47. The Morgan fingerprint density at radius 1 is 1.26 bits per heavy atom. The molecule has 2 atom stereocenters. The van der Waals surface area contributed by atoms with Gasteiger partial charge in [-0.3, -0.25) is 0 Å². The van der Waals surface area contributed by atoms with Crippen molar-refractivity contribution in [2.45, 2.75) is 36.4 Å². The highest BCUT2D eigenvalue weighted by atomic mass is 32.2. The predicted octanol–water partition coefficient (Wildman–Crippen LogP) is 0.483. The average Bonchev–Trinajstić information content (AvgIpc) is 2.85. The summed E-state index contributed by atoms with van der Waals surface area (Å²) in [5.41, 5.74) is -0.0601. The molecule has 2 aliphatic heterocycles. The van der Waals surface area contributed by atoms with Gasteiger partial charge in [-0.2, -0.15) is 4.31 Å². The predicted molar refractivity (Wildman–Crippen MR) is 100 cm³/mol. The van der Waals surface area contributed by atoms with Crippen molar-refractivity contribution in [3.8, 4) is 0 Å². The zero-order chi connectivity index (χ0) is 19.7. The van der Waals surface area contributed by atoms with Crippen molar-refractivity contribution >= 4 is 20.0 Å². The first-order chi connectivity index (χ1) is 12.6. The third kappa shape index (κ3) is 4.87. The second kappa shape index (κ2) is 7.76. The largest absolute Gasteiger partial charge is 0.377 e. The zero-order valence-corrected chi connectivity index (χ0v) is 17.2. The Kier molecular flexibility index (Phi) is 5.95. The van der Waals surface area contributed by atoms with E-state index >= 15 is 0 Å². The van der Waals surface area contributed by atoms with Crippen molar-refractivity contribution in [2.75, 3.05) is 39.1 Å². The first-order valence-corrected chi connectivity index (χ1v) is 12.2. The van der Waals surface area contributed by atoms with Crippen LogP contribution < -0.4 is 4.72 Å². The van der Waals surface area contributed by atoms with Gasteiger partial charge in [0.15, 0.2) is 0 Å². The van der Waals surface area contributed by atoms with Gasteiger partial charge in [0.1, 0.15) is 5.60 Å². The van der Waals surface area contributed by atoms with Crippen LogP contribution in [0.15, 0.2) is 29.2 Å². The van der Waals surface area contributed by atoms with Gasteiger partial charge in [-0.25, -0.2) is 21.6 Å². The Morgan fingerprint density at radius 3 is 2.70 bits per heavy atom. The highest BCUT2D eigenvalue weighted by Gasteiger charge is 2.45. The third-order valence-electron chi connectivity index (χ3n) is 4.94. The van der Waals surface area contributed by atoms with Crippen LogP contribution in [-0.4, -0.2) is 71.9 Å². The highest BCUT2D eigenvalue weighted by Crippen LogP contribution is 2.34. The summed E-state index contributed by atoms with van der Waals surface area (Å²) in [5.74, 6) is 0. The fourth-order valence-electron chi connectivity index (χ4n) is 3.57. The minimum Gasteiger partial charge on any atom is -0.377 e. The summed E-state index contributed by atoms with van der Waals surface area (Å²) in [5, 5.41) is 0. The van der Waals surface area contributed by atoms with Crippen LogP contribution in [0.1, 0.15) is 18.4 Å². The van der Waals surface area contributed by atoms with Gasteiger partial charge in [-0.05, 0) is 31.4 Å². The van der Waals surface area contributed by atoms with Gasteiger partial charge in [0, 0.05) is 19.6 Å². The maximum Gasteiger partial charge on any atom is 0.243 e. The van der Waals surface area contributed by atoms with E-state index < -0.39 is 25.6 Å². The van der Waals surface area contributed by atoms with E-state index in [0.717, 1.165) is 6.26 Å². The molecule has 0 unspecified atom stereocenters. The number of hydrogen-bond acceptors (Lipinski definition) is 6. The molecule has 0 amide bonds. The Bertz CT molecular complexity index is 886. The molecule has 1 N–H and O–H groups in total. The summed E-state index contributed by atoms with van der Waals surface area (Å²) in [6.45, 7) is 2.98. The summed E-state index contributed by atoms with van der Waals surface area (Å²) in [6.07, 6.45) is 2.06. The maximum atomic E-state index is 13.2. The van der Waals surface area contributed by atoms with Crippen molar-refractivity contribution < 1.29 is 26.3 Å². The van der Waals surface area contributed by atoms with Crippen molar-refractivity contribution in [3.63, 3.8) is 0 Å². The lowest BCUT2D eigenvalue weighted by molar-refractivity contribution is -0.0797. The topological polar surface area (TPSA) is 102 Å². The molecule has 0 saturated carbocycles. The molecular formula is C17H26N2O6S2. The summed E-state index contributed by atoms with van der Waals surface area (Å²) in [4.78, 5) is 0.287. The van der Waals surface area contributed by atoms with E-state index in [0.29, 0.717) is 31.6 Å². The number of nitrogens with zero attached hydrogens (tertiary/aromatic N) is 1. The highest BCUT2D eigenvalue weighted by molar-refractivity contribution is 7.89. The Hall–Kier alpha value is -1.04. The summed E-state index contributed by atoms with van der Waals surface area (Å²) >= 11 is 0. The van der Waals surface area contributed by atoms with E-state index in [1.807, 2.05) is 0 Å². The van der Waals surface area contributed by atoms with Crippen molar-refractivity contribution in [1.29, 1.82) is 0 Å². The number of benzene rings is 1. The first kappa shape index (κ1) is 20.7. The van der Waals surface area contributed by atoms with Crippen LogP contribution in [0.3, 0.4) is 0 Å². The minimum atomic E-state index is -3.67. The van der Waals surface area contributed by atoms with Crippen LogP contribution >= 0.6 is 0 Å². The second-order valence-electron chi connectivity index (χ2n) is 7.24. The molecule has 1 aromatic carbocycles. The molecule has 1 aromatic rings. The van der Waals surface area contributed by atoms with Crippen molar-refractivity contribution in [2.24, 2.45) is 0 Å². The molecule has 0 bridgehead atoms. The molecule has 2 saturated heterocycles. The summed E-state index contributed by atoms with van der Waals surface area (Å²) < 4.78 is 64.6. The molecule has 152 valence electrons. The lowest BCUT2D eigenvalue weighted by atomic mass is 10.0. The van der Waals surface area contributed by atoms with Gasteiger partial charge in [-0.1, -0.05) is 18.2 Å². The van der Waals surface area contributed by atoms with E-state index in [2.05, 4.69) is 4.72 Å². The van der Waals surface area contributed by atoms with E-state index in [1.54, 1.807) is 31.2 Å². The molecule has 2 aliphatic rings. The molecule has 0 aliphatic carbocycles. The van der Waals surface area contributed by atoms with Gasteiger partial charge >= 0.3 is 0 Å². The van der Waals surface area contributed by atoms with Crippen LogP contribution in [0.25, 0.3) is 0 Å². The molecule has 1 spiro atoms. The van der Waals surface area contributed by atoms with E-state index in [-0.39, 0.29) is 30.6 Å². The van der Waals surface area contributed by atoms with Crippen LogP contribution in [0, 0.1) is 6.92 Å². The smallest absolute Gasteiger partial charge is 0.243 e. The number of ether oxygens (including phenoxy) is 2. The summed E-state index contributed by atoms with van der Waals surface area (Å²) in [6, 6.07) is 6.90. The molecule has 3 rings (SSSR count). The Morgan fingerprint density at radius 2 is 2.00 bits per heavy atom. The van der Waals surface area contributed by atoms with Gasteiger partial charge < -0.3 is 9.47 Å². The van der Waals surface area contributed by atoms with Crippen LogP contribution in [0.5, 0.6) is 0 Å². The van der Waals surface area contributed by atoms with Crippen LogP contribution in [0.2, 0.25) is 0 Å². The van der Waals surface area contributed by atoms with Crippen LogP contribution in [-0.2, 0) is 29.5 Å². The fourth-order valence-corrected chi connectivity index (χ4v) is 5.78. The van der Waals surface area contributed by atoms with Crippen LogP contribution in [0.4, 0.5) is 0 Å². The minimum absolute atomic E-state index is 0.172. The van der Waals surface area contributed by atoms with Crippen molar-refractivity contribution in [1.82, 2.24) is 9.03 Å². The van der Waals surface area contributed by atoms with Crippen molar-refractivity contribution in [3.05, 3.63) is 29.8 Å². The van der Waals surface area contributed by atoms with E-state index in [1.165, 1.54) is 4.31 Å². The normalized spacial score (nSPS) is 27.7. The molecule has 8 nitrogen and oxygen atoms in total. The molecule has 27 heavy (non-hydrogen) atoms. The summed E-state index contributed by atoms with van der Waals surface area (Å²) in [7, 11) is -6.97. The standard InChI is InChI=1S/C17H26N2O6S2/c1-14-5-3-4-6-16(14)27(22,23)19-9-10-24-13-17(12-19)8-7-15(25-17)11-18-26(2,20)21/h3-6,15,18H,7-13H2,1-2H3/t15-,17+/m1/s1. The molecule has 0 aromatic heterocycles. The average molecular weight is 419 g/mol. The van der Waals surface area contributed by atoms with Gasteiger partial charge in [0.05, 0.1) is 30.5 Å². The first-order valence-electron chi connectivity index (χ1n) is 8.87. The van der Waals surface area contributed by atoms with Gasteiger partial charge in [0.25, 0.3) is 0 Å².